The molecule has 0 bridgehead atoms. The summed E-state index contributed by atoms with van der Waals surface area (Å²) in [5.74, 6) is -0.267. The molecule has 2 aliphatic carbocycles. The number of hydrogen-bond donors (Lipinski definition) is 3. The third-order valence-electron chi connectivity index (χ3n) is 10.6. The van der Waals surface area contributed by atoms with Crippen LogP contribution in [0.3, 0.4) is 0 Å². The molecular formula is C48H42N4O2. The van der Waals surface area contributed by atoms with Gasteiger partial charge in [-0.2, -0.15) is 0 Å². The lowest BCUT2D eigenvalue weighted by atomic mass is 9.71. The zero-order valence-corrected chi connectivity index (χ0v) is 30.1. The number of amides is 1. The summed E-state index contributed by atoms with van der Waals surface area (Å²) < 4.78 is 0. The Morgan fingerprint density at radius 1 is 0.722 bits per heavy atom. The molecule has 54 heavy (non-hydrogen) atoms. The maximum absolute atomic E-state index is 14.2. The highest BCUT2D eigenvalue weighted by atomic mass is 16.1. The number of Topliss-reactive ketones (excluding diaryl/α,β-unsaturated/α-hetero) is 1. The number of allylic oxidation sites excluding steroid dienone is 1. The summed E-state index contributed by atoms with van der Waals surface area (Å²) >= 11 is 0. The van der Waals surface area contributed by atoms with Crippen molar-refractivity contribution in [2.45, 2.75) is 44.6 Å². The Bertz CT molecular complexity index is 2390. The zero-order valence-electron chi connectivity index (χ0n) is 30.1. The SMILES string of the molecule is C1=CNc2ccccc2N=C1.NCc1ccc(-c2ccccc2C(=O)Nc2ccc(C(=O)C3Cc4ccccc4-c4ccc5c(c43)CCCC5)cc2)cc1. The predicted molar refractivity (Wildman–Crippen MR) is 221 cm³/mol. The standard InChI is InChI=1S/C39H34N2O2.C9H8N2/c40-24-25-13-15-27(16-14-25)31-9-5-6-12-35(31)39(43)41-30-20-17-28(18-21-30)38(42)36-23-29-8-2-3-10-32(29)34-22-19-26-7-1-4-11-33(26)37(34)36;1-2-5-9-8(4-1)10-6-3-7-11-9/h2-3,5-6,8-10,12-22,36H,1,4,7,11,23-24,40H2,(H,41,43);1-7,10H. The highest BCUT2D eigenvalue weighted by Crippen LogP contribution is 2.45. The number of ketones is 1. The third-order valence-corrected chi connectivity index (χ3v) is 10.6. The Kier molecular flexibility index (Phi) is 10.1. The molecule has 0 saturated carbocycles. The van der Waals surface area contributed by atoms with Gasteiger partial charge in [-0.25, -0.2) is 0 Å². The van der Waals surface area contributed by atoms with Crippen LogP contribution in [-0.2, 0) is 25.8 Å². The fraction of sp³-hybridized carbons (Fsp3) is 0.146. The Morgan fingerprint density at radius 2 is 1.46 bits per heavy atom. The maximum Gasteiger partial charge on any atom is 0.256 e. The molecule has 6 aromatic carbocycles. The van der Waals surface area contributed by atoms with Gasteiger partial charge in [-0.15, -0.1) is 0 Å². The molecule has 0 aromatic heterocycles. The molecule has 1 atom stereocenters. The van der Waals surface area contributed by atoms with E-state index in [1.165, 1.54) is 46.2 Å². The van der Waals surface area contributed by atoms with Gasteiger partial charge in [0, 0.05) is 35.8 Å². The molecule has 1 heterocycles. The Morgan fingerprint density at radius 3 is 2.30 bits per heavy atom. The fourth-order valence-corrected chi connectivity index (χ4v) is 7.88. The van der Waals surface area contributed by atoms with Gasteiger partial charge in [0.2, 0.25) is 0 Å². The van der Waals surface area contributed by atoms with Crippen molar-refractivity contribution in [2.24, 2.45) is 10.7 Å². The molecule has 9 rings (SSSR count). The van der Waals surface area contributed by atoms with Gasteiger partial charge in [0.15, 0.2) is 5.78 Å². The second-order valence-electron chi connectivity index (χ2n) is 13.9. The lowest BCUT2D eigenvalue weighted by molar-refractivity contribution is 0.0957. The van der Waals surface area contributed by atoms with E-state index in [1.807, 2.05) is 109 Å². The smallest absolute Gasteiger partial charge is 0.256 e. The average Bonchev–Trinajstić information content (AvgIpc) is 3.49. The molecule has 0 radical (unpaired) electrons. The first-order chi connectivity index (χ1) is 26.6. The van der Waals surface area contributed by atoms with Gasteiger partial charge in [-0.3, -0.25) is 14.6 Å². The van der Waals surface area contributed by atoms with E-state index in [4.69, 9.17) is 5.73 Å². The minimum absolute atomic E-state index is 0.138. The summed E-state index contributed by atoms with van der Waals surface area (Å²) in [6.45, 7) is 0.476. The first-order valence-corrected chi connectivity index (χ1v) is 18.7. The molecule has 266 valence electrons. The number of rotatable bonds is 6. The first-order valence-electron chi connectivity index (χ1n) is 18.7. The summed E-state index contributed by atoms with van der Waals surface area (Å²) in [5.41, 5.74) is 20.3. The number of aryl methyl sites for hydroxylation is 1. The second kappa shape index (κ2) is 15.7. The van der Waals surface area contributed by atoms with Crippen LogP contribution in [0.2, 0.25) is 0 Å². The lowest BCUT2D eigenvalue weighted by Crippen LogP contribution is -2.23. The quantitative estimate of drug-likeness (QED) is 0.150. The summed E-state index contributed by atoms with van der Waals surface area (Å²) in [4.78, 5) is 31.8. The van der Waals surface area contributed by atoms with Crippen molar-refractivity contribution in [1.29, 1.82) is 0 Å². The van der Waals surface area contributed by atoms with Crippen LogP contribution in [0.15, 0.2) is 151 Å². The number of fused-ring (bicyclic) bond motifs is 6. The van der Waals surface area contributed by atoms with Crippen LogP contribution in [0, 0.1) is 0 Å². The average molecular weight is 707 g/mol. The van der Waals surface area contributed by atoms with Crippen LogP contribution >= 0.6 is 0 Å². The Hall–Kier alpha value is -6.37. The minimum atomic E-state index is -0.212. The van der Waals surface area contributed by atoms with E-state index in [-0.39, 0.29) is 17.6 Å². The number of carbonyl (C=O) groups excluding carboxylic acids is 2. The number of anilines is 2. The van der Waals surface area contributed by atoms with E-state index < -0.39 is 0 Å². The zero-order chi connectivity index (χ0) is 36.9. The van der Waals surface area contributed by atoms with Gasteiger partial charge < -0.3 is 16.4 Å². The third kappa shape index (κ3) is 7.16. The van der Waals surface area contributed by atoms with Crippen LogP contribution in [-0.4, -0.2) is 17.9 Å². The van der Waals surface area contributed by atoms with Gasteiger partial charge in [-0.05, 0) is 131 Å². The molecule has 6 aromatic rings. The highest BCUT2D eigenvalue weighted by Gasteiger charge is 2.33. The summed E-state index contributed by atoms with van der Waals surface area (Å²) in [6, 6.07) is 43.9. The molecule has 3 aliphatic rings. The number of nitrogens with one attached hydrogen (secondary N) is 2. The minimum Gasteiger partial charge on any atom is -0.360 e. The molecule has 1 unspecified atom stereocenters. The van der Waals surface area contributed by atoms with Crippen molar-refractivity contribution < 1.29 is 9.59 Å². The molecule has 1 amide bonds. The summed E-state index contributed by atoms with van der Waals surface area (Å²) in [6.07, 6.45) is 10.7. The van der Waals surface area contributed by atoms with E-state index in [0.717, 1.165) is 40.9 Å². The van der Waals surface area contributed by atoms with Gasteiger partial charge in [0.25, 0.3) is 5.91 Å². The monoisotopic (exact) mass is 706 g/mol. The topological polar surface area (TPSA) is 96.6 Å². The van der Waals surface area contributed by atoms with E-state index in [9.17, 15) is 9.59 Å². The van der Waals surface area contributed by atoms with Crippen molar-refractivity contribution in [3.8, 4) is 22.3 Å². The highest BCUT2D eigenvalue weighted by molar-refractivity contribution is 6.09. The van der Waals surface area contributed by atoms with Crippen molar-refractivity contribution in [3.05, 3.63) is 185 Å². The number of aliphatic imine (C=N–C) groups is 1. The second-order valence-corrected chi connectivity index (χ2v) is 13.9. The molecule has 0 spiro atoms. The van der Waals surface area contributed by atoms with Crippen molar-refractivity contribution in [3.63, 3.8) is 0 Å². The van der Waals surface area contributed by atoms with E-state index in [1.54, 1.807) is 6.21 Å². The van der Waals surface area contributed by atoms with E-state index in [0.29, 0.717) is 29.8 Å². The molecule has 6 nitrogen and oxygen atoms in total. The lowest BCUT2D eigenvalue weighted by Gasteiger charge is -2.32. The number of nitrogens with two attached hydrogens (primary N) is 1. The van der Waals surface area contributed by atoms with Crippen molar-refractivity contribution in [2.75, 3.05) is 10.6 Å². The number of hydrogen-bond acceptors (Lipinski definition) is 5. The van der Waals surface area contributed by atoms with Gasteiger partial charge in [0.05, 0.1) is 17.3 Å². The van der Waals surface area contributed by atoms with Gasteiger partial charge in [-0.1, -0.05) is 91.0 Å². The molecular weight excluding hydrogens is 665 g/mol. The van der Waals surface area contributed by atoms with Crippen LogP contribution in [0.25, 0.3) is 22.3 Å². The van der Waals surface area contributed by atoms with Crippen molar-refractivity contribution in [1.82, 2.24) is 0 Å². The van der Waals surface area contributed by atoms with Crippen LogP contribution in [0.1, 0.15) is 67.3 Å². The summed E-state index contributed by atoms with van der Waals surface area (Å²) in [7, 11) is 0. The van der Waals surface area contributed by atoms with E-state index >= 15 is 0 Å². The van der Waals surface area contributed by atoms with Crippen molar-refractivity contribution >= 4 is 35.0 Å². The Balaban J connectivity index is 0.000000321. The number of para-hydroxylation sites is 2. The normalized spacial score (nSPS) is 14.8. The number of nitrogens with zero attached hydrogens (tertiary/aromatic N) is 1. The van der Waals surface area contributed by atoms with Gasteiger partial charge in [0.1, 0.15) is 0 Å². The van der Waals surface area contributed by atoms with Crippen LogP contribution in [0.5, 0.6) is 0 Å². The molecule has 0 saturated heterocycles. The molecule has 6 heteroatoms. The molecule has 0 fully saturated rings. The number of carbonyl (C=O) groups is 2. The van der Waals surface area contributed by atoms with Crippen LogP contribution in [0.4, 0.5) is 17.1 Å². The Labute approximate surface area is 316 Å². The maximum atomic E-state index is 14.2. The predicted octanol–water partition coefficient (Wildman–Crippen LogP) is 10.5. The number of benzene rings is 6. The van der Waals surface area contributed by atoms with Crippen LogP contribution < -0.4 is 16.4 Å². The summed E-state index contributed by atoms with van der Waals surface area (Å²) in [5, 5.41) is 6.16. The van der Waals surface area contributed by atoms with Gasteiger partial charge >= 0.3 is 0 Å². The first kappa shape index (κ1) is 34.7. The molecule has 4 N–H and O–H groups in total. The molecule has 1 aliphatic heterocycles. The fourth-order valence-electron chi connectivity index (χ4n) is 7.88. The van der Waals surface area contributed by atoms with E-state index in [2.05, 4.69) is 52.0 Å². The largest absolute Gasteiger partial charge is 0.360 e.